The highest BCUT2D eigenvalue weighted by Crippen LogP contribution is 2.33. The second-order valence-electron chi connectivity index (χ2n) is 5.76. The molecular weight excluding hydrogens is 252 g/mol. The Morgan fingerprint density at radius 3 is 2.75 bits per heavy atom. The topological polar surface area (TPSA) is 33.7 Å². The summed E-state index contributed by atoms with van der Waals surface area (Å²) in [7, 11) is 3.39. The molecule has 0 amide bonds. The standard InChI is InChI=1S/C16H26N2O2/c1-12(2)9-13-11-18(8-7-17-13)15-6-5-14(19-3)10-16(15)20-4/h5-6,10,12-13,17H,7-9,11H2,1-4H3. The summed E-state index contributed by atoms with van der Waals surface area (Å²) in [5.74, 6) is 2.43. The van der Waals surface area contributed by atoms with Crippen molar-refractivity contribution in [3.05, 3.63) is 18.2 Å². The summed E-state index contributed by atoms with van der Waals surface area (Å²) >= 11 is 0. The van der Waals surface area contributed by atoms with Gasteiger partial charge in [0, 0.05) is 31.7 Å². The van der Waals surface area contributed by atoms with Crippen LogP contribution in [0.3, 0.4) is 0 Å². The van der Waals surface area contributed by atoms with Gasteiger partial charge in [0.05, 0.1) is 19.9 Å². The third-order valence-corrected chi connectivity index (χ3v) is 3.74. The minimum Gasteiger partial charge on any atom is -0.497 e. The maximum Gasteiger partial charge on any atom is 0.145 e. The first kappa shape index (κ1) is 15.0. The van der Waals surface area contributed by atoms with Crippen LogP contribution in [0.4, 0.5) is 5.69 Å². The Morgan fingerprint density at radius 1 is 1.30 bits per heavy atom. The van der Waals surface area contributed by atoms with Gasteiger partial charge in [-0.05, 0) is 24.5 Å². The Morgan fingerprint density at radius 2 is 2.10 bits per heavy atom. The van der Waals surface area contributed by atoms with E-state index in [1.54, 1.807) is 14.2 Å². The van der Waals surface area contributed by atoms with E-state index in [1.165, 1.54) is 6.42 Å². The van der Waals surface area contributed by atoms with Gasteiger partial charge in [0.15, 0.2) is 0 Å². The number of methoxy groups -OCH3 is 2. The highest BCUT2D eigenvalue weighted by molar-refractivity contribution is 5.61. The number of anilines is 1. The SMILES string of the molecule is COc1ccc(N2CCNC(CC(C)C)C2)c(OC)c1. The normalized spacial score (nSPS) is 19.2. The molecule has 1 aromatic rings. The van der Waals surface area contributed by atoms with Crippen molar-refractivity contribution in [1.82, 2.24) is 5.32 Å². The average Bonchev–Trinajstić information content (AvgIpc) is 2.46. The Labute approximate surface area is 122 Å². The van der Waals surface area contributed by atoms with E-state index in [4.69, 9.17) is 9.47 Å². The summed E-state index contributed by atoms with van der Waals surface area (Å²) in [6.45, 7) is 7.61. The minimum absolute atomic E-state index is 0.551. The van der Waals surface area contributed by atoms with Gasteiger partial charge in [-0.2, -0.15) is 0 Å². The molecule has 1 aliphatic rings. The maximum absolute atomic E-state index is 5.52. The molecule has 1 aromatic carbocycles. The lowest BCUT2D eigenvalue weighted by Gasteiger charge is -2.36. The number of hydrogen-bond acceptors (Lipinski definition) is 4. The van der Waals surface area contributed by atoms with Crippen molar-refractivity contribution in [2.75, 3.05) is 38.8 Å². The Balaban J connectivity index is 2.13. The first-order valence-corrected chi connectivity index (χ1v) is 7.34. The molecular formula is C16H26N2O2. The number of nitrogens with one attached hydrogen (secondary N) is 1. The first-order valence-electron chi connectivity index (χ1n) is 7.34. The summed E-state index contributed by atoms with van der Waals surface area (Å²) in [5, 5.41) is 3.60. The molecule has 1 saturated heterocycles. The summed E-state index contributed by atoms with van der Waals surface area (Å²) in [5.41, 5.74) is 1.16. The predicted octanol–water partition coefficient (Wildman–Crippen LogP) is 2.53. The number of piperazine rings is 1. The molecule has 1 N–H and O–H groups in total. The Kier molecular flexibility index (Phi) is 5.12. The lowest BCUT2D eigenvalue weighted by Crippen LogP contribution is -2.51. The summed E-state index contributed by atoms with van der Waals surface area (Å²) in [4.78, 5) is 2.40. The molecule has 1 atom stereocenters. The van der Waals surface area contributed by atoms with Crippen molar-refractivity contribution in [3.63, 3.8) is 0 Å². The lowest BCUT2D eigenvalue weighted by molar-refractivity contribution is 0.377. The van der Waals surface area contributed by atoms with E-state index in [9.17, 15) is 0 Å². The van der Waals surface area contributed by atoms with Gasteiger partial charge in [0.2, 0.25) is 0 Å². The van der Waals surface area contributed by atoms with Crippen molar-refractivity contribution in [1.29, 1.82) is 0 Å². The van der Waals surface area contributed by atoms with E-state index in [1.807, 2.05) is 12.1 Å². The minimum atomic E-state index is 0.551. The Bertz CT molecular complexity index is 434. The lowest BCUT2D eigenvalue weighted by atomic mass is 10.0. The van der Waals surface area contributed by atoms with Gasteiger partial charge in [-0.25, -0.2) is 0 Å². The van der Waals surface area contributed by atoms with Crippen LogP contribution in [0.25, 0.3) is 0 Å². The fourth-order valence-electron chi connectivity index (χ4n) is 2.82. The first-order chi connectivity index (χ1) is 9.63. The van der Waals surface area contributed by atoms with Crippen LogP contribution in [0.15, 0.2) is 18.2 Å². The molecule has 1 unspecified atom stereocenters. The molecule has 1 heterocycles. The van der Waals surface area contributed by atoms with Crippen LogP contribution >= 0.6 is 0 Å². The van der Waals surface area contributed by atoms with E-state index in [2.05, 4.69) is 30.1 Å². The zero-order valence-electron chi connectivity index (χ0n) is 13.0. The molecule has 4 nitrogen and oxygen atoms in total. The van der Waals surface area contributed by atoms with Crippen LogP contribution in [-0.4, -0.2) is 39.9 Å². The van der Waals surface area contributed by atoms with E-state index >= 15 is 0 Å². The number of ether oxygens (including phenoxy) is 2. The largest absolute Gasteiger partial charge is 0.497 e. The Hall–Kier alpha value is -1.42. The van der Waals surface area contributed by atoms with Crippen LogP contribution in [0.5, 0.6) is 11.5 Å². The maximum atomic E-state index is 5.52. The molecule has 1 fully saturated rings. The fourth-order valence-corrected chi connectivity index (χ4v) is 2.82. The van der Waals surface area contributed by atoms with E-state index in [0.29, 0.717) is 12.0 Å². The van der Waals surface area contributed by atoms with E-state index < -0.39 is 0 Å². The monoisotopic (exact) mass is 278 g/mol. The number of benzene rings is 1. The van der Waals surface area contributed by atoms with Crippen molar-refractivity contribution in [2.45, 2.75) is 26.3 Å². The fraction of sp³-hybridized carbons (Fsp3) is 0.625. The average molecular weight is 278 g/mol. The molecule has 0 saturated carbocycles. The quantitative estimate of drug-likeness (QED) is 0.897. The van der Waals surface area contributed by atoms with Gasteiger partial charge in [-0.1, -0.05) is 13.8 Å². The molecule has 0 radical (unpaired) electrons. The smallest absolute Gasteiger partial charge is 0.145 e. The summed E-state index contributed by atoms with van der Waals surface area (Å²) in [6.07, 6.45) is 1.20. The van der Waals surface area contributed by atoms with Gasteiger partial charge in [0.1, 0.15) is 11.5 Å². The molecule has 0 aliphatic carbocycles. The molecule has 0 spiro atoms. The molecule has 20 heavy (non-hydrogen) atoms. The van der Waals surface area contributed by atoms with Crippen molar-refractivity contribution in [2.24, 2.45) is 5.92 Å². The molecule has 1 aliphatic heterocycles. The van der Waals surface area contributed by atoms with Gasteiger partial charge in [-0.3, -0.25) is 0 Å². The van der Waals surface area contributed by atoms with Crippen LogP contribution in [0.1, 0.15) is 20.3 Å². The predicted molar refractivity (Wildman–Crippen MR) is 83.0 cm³/mol. The van der Waals surface area contributed by atoms with Crippen LogP contribution in [0.2, 0.25) is 0 Å². The van der Waals surface area contributed by atoms with E-state index in [-0.39, 0.29) is 0 Å². The third-order valence-electron chi connectivity index (χ3n) is 3.74. The van der Waals surface area contributed by atoms with Crippen molar-refractivity contribution in [3.8, 4) is 11.5 Å². The molecule has 112 valence electrons. The highest BCUT2D eigenvalue weighted by atomic mass is 16.5. The van der Waals surface area contributed by atoms with Gasteiger partial charge in [-0.15, -0.1) is 0 Å². The van der Waals surface area contributed by atoms with Crippen LogP contribution in [0, 0.1) is 5.92 Å². The number of nitrogens with zero attached hydrogens (tertiary/aromatic N) is 1. The second kappa shape index (κ2) is 6.84. The molecule has 2 rings (SSSR count). The van der Waals surface area contributed by atoms with Gasteiger partial charge in [0.25, 0.3) is 0 Å². The van der Waals surface area contributed by atoms with Gasteiger partial charge < -0.3 is 19.7 Å². The third kappa shape index (κ3) is 3.57. The zero-order chi connectivity index (χ0) is 14.5. The zero-order valence-corrected chi connectivity index (χ0v) is 13.0. The van der Waals surface area contributed by atoms with Crippen molar-refractivity contribution < 1.29 is 9.47 Å². The van der Waals surface area contributed by atoms with Crippen LogP contribution < -0.4 is 19.7 Å². The highest BCUT2D eigenvalue weighted by Gasteiger charge is 2.22. The number of rotatable bonds is 5. The van der Waals surface area contributed by atoms with Gasteiger partial charge >= 0.3 is 0 Å². The second-order valence-corrected chi connectivity index (χ2v) is 5.76. The van der Waals surface area contributed by atoms with Crippen LogP contribution in [-0.2, 0) is 0 Å². The summed E-state index contributed by atoms with van der Waals surface area (Å²) in [6, 6.07) is 6.59. The molecule has 4 heteroatoms. The number of hydrogen-bond donors (Lipinski definition) is 1. The van der Waals surface area contributed by atoms with Crippen molar-refractivity contribution >= 4 is 5.69 Å². The molecule has 0 bridgehead atoms. The summed E-state index contributed by atoms with van der Waals surface area (Å²) < 4.78 is 10.8. The molecule has 0 aromatic heterocycles. The van der Waals surface area contributed by atoms with E-state index in [0.717, 1.165) is 36.8 Å².